The molecule has 5 nitrogen and oxygen atoms in total. The van der Waals surface area contributed by atoms with Crippen LogP contribution in [-0.4, -0.2) is 18.6 Å². The number of nitrogens with two attached hydrogens (primary N) is 1. The summed E-state index contributed by atoms with van der Waals surface area (Å²) in [6.45, 7) is 2.35. The summed E-state index contributed by atoms with van der Waals surface area (Å²) in [7, 11) is 0. The number of nitrogen functional groups attached to an aromatic ring is 1. The highest BCUT2D eigenvalue weighted by Crippen LogP contribution is 2.36. The van der Waals surface area contributed by atoms with E-state index in [9.17, 15) is 4.79 Å². The van der Waals surface area contributed by atoms with Crippen LogP contribution in [0, 0.1) is 5.92 Å². The van der Waals surface area contributed by atoms with Crippen molar-refractivity contribution in [3.05, 3.63) is 12.1 Å². The zero-order valence-corrected chi connectivity index (χ0v) is 12.4. The van der Waals surface area contributed by atoms with Gasteiger partial charge in [-0.2, -0.15) is 0 Å². The highest BCUT2D eigenvalue weighted by molar-refractivity contribution is 5.97. The minimum absolute atomic E-state index is 0.0544. The SMILES string of the molecule is CC1CCCCCC1Nc1cc2c(cc1N)OCC(=O)N2. The highest BCUT2D eigenvalue weighted by atomic mass is 16.5. The number of rotatable bonds is 2. The van der Waals surface area contributed by atoms with Crippen molar-refractivity contribution >= 4 is 23.0 Å². The number of amides is 1. The number of benzene rings is 1. The minimum Gasteiger partial charge on any atom is -0.482 e. The zero-order valence-electron chi connectivity index (χ0n) is 12.4. The van der Waals surface area contributed by atoms with E-state index in [-0.39, 0.29) is 12.5 Å². The van der Waals surface area contributed by atoms with Crippen molar-refractivity contribution in [2.24, 2.45) is 5.92 Å². The fraction of sp³-hybridized carbons (Fsp3) is 0.562. The number of carbonyl (C=O) groups excluding carboxylic acids is 1. The quantitative estimate of drug-likeness (QED) is 0.578. The Balaban J connectivity index is 1.81. The minimum atomic E-state index is -0.124. The Labute approximate surface area is 125 Å². The molecule has 0 aromatic heterocycles. The van der Waals surface area contributed by atoms with Crippen LogP contribution in [0.2, 0.25) is 0 Å². The normalized spacial score (nSPS) is 25.3. The Hall–Kier alpha value is -1.91. The van der Waals surface area contributed by atoms with Crippen molar-refractivity contribution in [1.29, 1.82) is 0 Å². The van der Waals surface area contributed by atoms with Crippen molar-refractivity contribution < 1.29 is 9.53 Å². The monoisotopic (exact) mass is 289 g/mol. The second kappa shape index (κ2) is 5.84. The van der Waals surface area contributed by atoms with Gasteiger partial charge in [-0.3, -0.25) is 4.79 Å². The van der Waals surface area contributed by atoms with E-state index in [2.05, 4.69) is 17.6 Å². The zero-order chi connectivity index (χ0) is 14.8. The average molecular weight is 289 g/mol. The Kier molecular flexibility index (Phi) is 3.90. The molecule has 1 aliphatic carbocycles. The van der Waals surface area contributed by atoms with Gasteiger partial charge >= 0.3 is 0 Å². The Morgan fingerprint density at radius 3 is 2.95 bits per heavy atom. The van der Waals surface area contributed by atoms with E-state index in [1.165, 1.54) is 32.1 Å². The number of anilines is 3. The molecule has 114 valence electrons. The van der Waals surface area contributed by atoms with Gasteiger partial charge in [0.25, 0.3) is 5.91 Å². The molecule has 3 rings (SSSR count). The molecule has 1 heterocycles. The van der Waals surface area contributed by atoms with Crippen molar-refractivity contribution in [2.45, 2.75) is 45.1 Å². The number of hydrogen-bond donors (Lipinski definition) is 3. The lowest BCUT2D eigenvalue weighted by molar-refractivity contribution is -0.118. The molecule has 1 aromatic rings. The first kappa shape index (κ1) is 14.0. The fourth-order valence-electron chi connectivity index (χ4n) is 3.17. The Bertz CT molecular complexity index is 545. The smallest absolute Gasteiger partial charge is 0.262 e. The van der Waals surface area contributed by atoms with Crippen LogP contribution in [0.15, 0.2) is 12.1 Å². The van der Waals surface area contributed by atoms with Crippen LogP contribution >= 0.6 is 0 Å². The van der Waals surface area contributed by atoms with E-state index in [4.69, 9.17) is 10.5 Å². The van der Waals surface area contributed by atoms with Crippen LogP contribution in [0.5, 0.6) is 5.75 Å². The first-order chi connectivity index (χ1) is 10.1. The molecule has 0 radical (unpaired) electrons. The van der Waals surface area contributed by atoms with Crippen molar-refractivity contribution in [3.8, 4) is 5.75 Å². The van der Waals surface area contributed by atoms with Crippen LogP contribution in [0.3, 0.4) is 0 Å². The molecular formula is C16H23N3O2. The molecule has 1 fully saturated rings. The van der Waals surface area contributed by atoms with Gasteiger partial charge in [0, 0.05) is 12.1 Å². The summed E-state index contributed by atoms with van der Waals surface area (Å²) in [5, 5.41) is 6.40. The summed E-state index contributed by atoms with van der Waals surface area (Å²) in [6.07, 6.45) is 6.30. The third-order valence-corrected chi connectivity index (χ3v) is 4.49. The van der Waals surface area contributed by atoms with Crippen LogP contribution in [0.1, 0.15) is 39.0 Å². The number of carbonyl (C=O) groups is 1. The van der Waals surface area contributed by atoms with E-state index in [0.717, 1.165) is 5.69 Å². The molecule has 1 saturated carbocycles. The predicted molar refractivity (Wildman–Crippen MR) is 84.6 cm³/mol. The molecular weight excluding hydrogens is 266 g/mol. The van der Waals surface area contributed by atoms with E-state index >= 15 is 0 Å². The van der Waals surface area contributed by atoms with Gasteiger partial charge in [-0.1, -0.05) is 26.2 Å². The summed E-state index contributed by atoms with van der Waals surface area (Å²) < 4.78 is 5.38. The molecule has 0 saturated heterocycles. The largest absolute Gasteiger partial charge is 0.482 e. The maximum atomic E-state index is 11.4. The molecule has 1 amide bonds. The maximum absolute atomic E-state index is 11.4. The lowest BCUT2D eigenvalue weighted by Crippen LogP contribution is -2.28. The van der Waals surface area contributed by atoms with E-state index in [1.54, 1.807) is 6.07 Å². The number of hydrogen-bond acceptors (Lipinski definition) is 4. The van der Waals surface area contributed by atoms with Gasteiger partial charge in [-0.25, -0.2) is 0 Å². The van der Waals surface area contributed by atoms with Crippen LogP contribution in [0.25, 0.3) is 0 Å². The predicted octanol–water partition coefficient (Wildman–Crippen LogP) is 2.98. The van der Waals surface area contributed by atoms with Crippen LogP contribution in [0.4, 0.5) is 17.1 Å². The molecule has 1 aliphatic heterocycles. The first-order valence-electron chi connectivity index (χ1n) is 7.76. The molecule has 0 bridgehead atoms. The van der Waals surface area contributed by atoms with E-state index < -0.39 is 0 Å². The van der Waals surface area contributed by atoms with Gasteiger partial charge in [0.1, 0.15) is 5.75 Å². The maximum Gasteiger partial charge on any atom is 0.262 e. The molecule has 2 atom stereocenters. The van der Waals surface area contributed by atoms with Crippen LogP contribution in [-0.2, 0) is 4.79 Å². The van der Waals surface area contributed by atoms with Crippen molar-refractivity contribution in [2.75, 3.05) is 23.0 Å². The number of nitrogens with one attached hydrogen (secondary N) is 2. The number of fused-ring (bicyclic) bond motifs is 1. The lowest BCUT2D eigenvalue weighted by atomic mass is 9.96. The Morgan fingerprint density at radius 2 is 2.10 bits per heavy atom. The molecule has 5 heteroatoms. The van der Waals surface area contributed by atoms with Crippen LogP contribution < -0.4 is 21.1 Å². The summed E-state index contributed by atoms with van der Waals surface area (Å²) in [4.78, 5) is 11.4. The first-order valence-corrected chi connectivity index (χ1v) is 7.76. The van der Waals surface area contributed by atoms with Gasteiger partial charge in [0.15, 0.2) is 6.61 Å². The van der Waals surface area contributed by atoms with Gasteiger partial charge in [-0.15, -0.1) is 0 Å². The summed E-state index contributed by atoms with van der Waals surface area (Å²) >= 11 is 0. The molecule has 2 aliphatic rings. The molecule has 1 aromatic carbocycles. The molecule has 0 spiro atoms. The second-order valence-electron chi connectivity index (χ2n) is 6.14. The van der Waals surface area contributed by atoms with E-state index in [1.807, 2.05) is 6.07 Å². The van der Waals surface area contributed by atoms with Gasteiger partial charge in [0.05, 0.1) is 17.1 Å². The van der Waals surface area contributed by atoms with Crippen molar-refractivity contribution in [1.82, 2.24) is 0 Å². The summed E-state index contributed by atoms with van der Waals surface area (Å²) in [6, 6.07) is 4.12. The average Bonchev–Trinajstić information content (AvgIpc) is 2.65. The highest BCUT2D eigenvalue weighted by Gasteiger charge is 2.22. The van der Waals surface area contributed by atoms with Gasteiger partial charge in [0.2, 0.25) is 0 Å². The summed E-state index contributed by atoms with van der Waals surface area (Å²) in [5.74, 6) is 1.15. The fourth-order valence-corrected chi connectivity index (χ4v) is 3.17. The van der Waals surface area contributed by atoms with Gasteiger partial charge < -0.3 is 21.1 Å². The summed E-state index contributed by atoms with van der Waals surface area (Å²) in [5.41, 5.74) is 8.38. The molecule has 21 heavy (non-hydrogen) atoms. The Morgan fingerprint density at radius 1 is 1.29 bits per heavy atom. The van der Waals surface area contributed by atoms with Crippen molar-refractivity contribution in [3.63, 3.8) is 0 Å². The lowest BCUT2D eigenvalue weighted by Gasteiger charge is -2.26. The molecule has 2 unspecified atom stereocenters. The topological polar surface area (TPSA) is 76.4 Å². The third kappa shape index (κ3) is 3.06. The van der Waals surface area contributed by atoms with E-state index in [0.29, 0.717) is 29.1 Å². The number of ether oxygens (including phenoxy) is 1. The van der Waals surface area contributed by atoms with Gasteiger partial charge in [-0.05, 0) is 24.8 Å². The second-order valence-corrected chi connectivity index (χ2v) is 6.14. The standard InChI is InChI=1S/C16H23N3O2/c1-10-5-3-2-4-6-12(10)18-13-8-14-15(7-11(13)17)21-9-16(20)19-14/h7-8,10,12,18H,2-6,9,17H2,1H3,(H,19,20). The molecule has 4 N–H and O–H groups in total. The third-order valence-electron chi connectivity index (χ3n) is 4.49.